The van der Waals surface area contributed by atoms with Crippen LogP contribution in [0.3, 0.4) is 0 Å². The lowest BCUT2D eigenvalue weighted by molar-refractivity contribution is 0.415. The summed E-state index contributed by atoms with van der Waals surface area (Å²) in [5.74, 6) is 1.61. The van der Waals surface area contributed by atoms with Crippen molar-refractivity contribution in [3.63, 3.8) is 0 Å². The number of hydrogen-bond acceptors (Lipinski definition) is 6. The van der Waals surface area contributed by atoms with Gasteiger partial charge in [-0.15, -0.1) is 4.98 Å². The number of nitrogens with two attached hydrogens (primary N) is 1. The number of methoxy groups -OCH3 is 1. The van der Waals surface area contributed by atoms with Gasteiger partial charge in [-0.25, -0.2) is 4.98 Å². The minimum Gasteiger partial charge on any atom is -0.497 e. The average Bonchev–Trinajstić information content (AvgIpc) is 2.81. The van der Waals surface area contributed by atoms with E-state index in [0.29, 0.717) is 34.3 Å². The zero-order valence-electron chi connectivity index (χ0n) is 17.6. The van der Waals surface area contributed by atoms with Crippen LogP contribution in [0.1, 0.15) is 12.8 Å². The molecule has 8 heteroatoms. The summed E-state index contributed by atoms with van der Waals surface area (Å²) in [5.41, 5.74) is 8.37. The molecule has 0 radical (unpaired) electrons. The molecule has 3 heterocycles. The molecule has 0 amide bonds. The van der Waals surface area contributed by atoms with E-state index in [1.807, 2.05) is 24.3 Å². The molecule has 1 saturated heterocycles. The minimum absolute atomic E-state index is 0.144. The Bertz CT molecular complexity index is 1170. The Morgan fingerprint density at radius 1 is 1.13 bits per heavy atom. The highest BCUT2D eigenvalue weighted by atomic mass is 16.5. The van der Waals surface area contributed by atoms with Gasteiger partial charge in [0.25, 0.3) is 11.4 Å². The number of anilines is 1. The van der Waals surface area contributed by atoms with Gasteiger partial charge < -0.3 is 20.2 Å². The van der Waals surface area contributed by atoms with Crippen LogP contribution in [0, 0.1) is 6.57 Å². The van der Waals surface area contributed by atoms with E-state index in [2.05, 4.69) is 14.7 Å². The molecule has 0 atom stereocenters. The first-order valence-electron chi connectivity index (χ1n) is 10.1. The van der Waals surface area contributed by atoms with Crippen LogP contribution < -0.4 is 20.9 Å². The molecule has 1 aromatic carbocycles. The Morgan fingerprint density at radius 2 is 1.81 bits per heavy atom. The maximum Gasteiger partial charge on any atom is 0.269 e. The highest BCUT2D eigenvalue weighted by Crippen LogP contribution is 2.31. The second-order valence-corrected chi connectivity index (χ2v) is 7.57. The van der Waals surface area contributed by atoms with Crippen LogP contribution in [0.15, 0.2) is 47.4 Å². The molecule has 0 saturated carbocycles. The van der Waals surface area contributed by atoms with E-state index in [1.165, 1.54) is 0 Å². The van der Waals surface area contributed by atoms with Crippen molar-refractivity contribution in [1.29, 1.82) is 0 Å². The summed E-state index contributed by atoms with van der Waals surface area (Å²) < 4.78 is 6.85. The molecule has 1 aliphatic heterocycles. The lowest BCUT2D eigenvalue weighted by Gasteiger charge is -2.32. The van der Waals surface area contributed by atoms with Gasteiger partial charge in [0.15, 0.2) is 0 Å². The molecule has 0 unspecified atom stereocenters. The maximum atomic E-state index is 13.5. The molecule has 158 valence electrons. The molecular formula is C23H24N6O2. The number of nitrogens with zero attached hydrogens (tertiary/aromatic N) is 5. The van der Waals surface area contributed by atoms with Crippen molar-refractivity contribution < 1.29 is 4.74 Å². The van der Waals surface area contributed by atoms with E-state index < -0.39 is 0 Å². The number of pyridine rings is 1. The quantitative estimate of drug-likeness (QED) is 0.658. The Kier molecular flexibility index (Phi) is 5.69. The highest BCUT2D eigenvalue weighted by Gasteiger charge is 2.24. The summed E-state index contributed by atoms with van der Waals surface area (Å²) in [4.78, 5) is 28.1. The van der Waals surface area contributed by atoms with Crippen molar-refractivity contribution in [3.05, 3.63) is 64.4 Å². The van der Waals surface area contributed by atoms with Gasteiger partial charge in [-0.3, -0.25) is 9.36 Å². The number of aromatic nitrogens is 3. The summed E-state index contributed by atoms with van der Waals surface area (Å²) in [5, 5.41) is 0. The van der Waals surface area contributed by atoms with Crippen molar-refractivity contribution in [2.75, 3.05) is 25.1 Å². The zero-order chi connectivity index (χ0) is 22.0. The van der Waals surface area contributed by atoms with Crippen molar-refractivity contribution in [3.8, 4) is 28.1 Å². The summed E-state index contributed by atoms with van der Waals surface area (Å²) in [6.07, 6.45) is 3.30. The third kappa shape index (κ3) is 4.00. The van der Waals surface area contributed by atoms with Crippen LogP contribution >= 0.6 is 0 Å². The topological polar surface area (TPSA) is 90.6 Å². The standard InChI is InChI=1S/C23H24N6O2/c1-25-19-9-6-16(14-26-19)21-20(15-4-7-18(31-3)8-5-15)22(30)28(2)23(27-21)29-12-10-17(24)11-13-29/h4-9,14,17H,10-13,24H2,2-3H3. The molecule has 0 bridgehead atoms. The van der Waals surface area contributed by atoms with Crippen molar-refractivity contribution >= 4 is 11.8 Å². The zero-order valence-corrected chi connectivity index (χ0v) is 17.6. The largest absolute Gasteiger partial charge is 0.497 e. The van der Waals surface area contributed by atoms with Crippen LogP contribution in [0.4, 0.5) is 11.8 Å². The van der Waals surface area contributed by atoms with E-state index in [1.54, 1.807) is 37.1 Å². The predicted octanol–water partition coefficient (Wildman–Crippen LogP) is 3.00. The SMILES string of the molecule is [C-]#[N+]c1ccc(-c2nc(N3CCC(N)CC3)n(C)c(=O)c2-c2ccc(OC)cc2)cn1. The first-order valence-corrected chi connectivity index (χ1v) is 10.1. The molecule has 1 aliphatic rings. The molecule has 3 aromatic rings. The molecule has 8 nitrogen and oxygen atoms in total. The van der Waals surface area contributed by atoms with Gasteiger partial charge in [0.2, 0.25) is 5.95 Å². The Hall–Kier alpha value is -3.70. The smallest absolute Gasteiger partial charge is 0.269 e. The van der Waals surface area contributed by atoms with Gasteiger partial charge in [0.05, 0.1) is 18.4 Å². The first kappa shape index (κ1) is 20.6. The second-order valence-electron chi connectivity index (χ2n) is 7.57. The van der Waals surface area contributed by atoms with Gasteiger partial charge in [-0.05, 0) is 36.6 Å². The monoisotopic (exact) mass is 416 g/mol. The molecular weight excluding hydrogens is 392 g/mol. The molecule has 0 spiro atoms. The summed E-state index contributed by atoms with van der Waals surface area (Å²) in [6, 6.07) is 10.9. The number of benzene rings is 1. The lowest BCUT2D eigenvalue weighted by atomic mass is 10.0. The average molecular weight is 416 g/mol. The van der Waals surface area contributed by atoms with E-state index in [4.69, 9.17) is 22.0 Å². The Balaban J connectivity index is 1.91. The lowest BCUT2D eigenvalue weighted by Crippen LogP contribution is -2.42. The van der Waals surface area contributed by atoms with Crippen LogP contribution in [0.25, 0.3) is 27.2 Å². The van der Waals surface area contributed by atoms with Crippen LogP contribution in [-0.4, -0.2) is 40.8 Å². The number of ether oxygens (including phenoxy) is 1. The van der Waals surface area contributed by atoms with Gasteiger partial charge in [-0.1, -0.05) is 24.8 Å². The van der Waals surface area contributed by atoms with E-state index in [9.17, 15) is 4.79 Å². The molecule has 4 rings (SSSR count). The Morgan fingerprint density at radius 3 is 2.39 bits per heavy atom. The van der Waals surface area contributed by atoms with Gasteiger partial charge in [-0.2, -0.15) is 0 Å². The number of rotatable bonds is 4. The molecule has 0 aliphatic carbocycles. The van der Waals surface area contributed by atoms with E-state index in [0.717, 1.165) is 31.5 Å². The second kappa shape index (κ2) is 8.58. The van der Waals surface area contributed by atoms with E-state index in [-0.39, 0.29) is 11.6 Å². The summed E-state index contributed by atoms with van der Waals surface area (Å²) >= 11 is 0. The Labute approximate surface area is 180 Å². The fraction of sp³-hybridized carbons (Fsp3) is 0.304. The third-order valence-corrected chi connectivity index (χ3v) is 5.60. The first-order chi connectivity index (χ1) is 15.0. The number of hydrogen-bond donors (Lipinski definition) is 1. The van der Waals surface area contributed by atoms with Crippen molar-refractivity contribution in [1.82, 2.24) is 14.5 Å². The van der Waals surface area contributed by atoms with Gasteiger partial charge in [0.1, 0.15) is 11.9 Å². The summed E-state index contributed by atoms with van der Waals surface area (Å²) in [6.45, 7) is 8.64. The molecule has 1 fully saturated rings. The van der Waals surface area contributed by atoms with Crippen LogP contribution in [0.5, 0.6) is 5.75 Å². The fourth-order valence-electron chi connectivity index (χ4n) is 3.79. The summed E-state index contributed by atoms with van der Waals surface area (Å²) in [7, 11) is 3.35. The fourth-order valence-corrected chi connectivity index (χ4v) is 3.79. The minimum atomic E-state index is -0.144. The van der Waals surface area contributed by atoms with E-state index >= 15 is 0 Å². The molecule has 2 N–H and O–H groups in total. The third-order valence-electron chi connectivity index (χ3n) is 5.60. The highest BCUT2D eigenvalue weighted by molar-refractivity contribution is 5.81. The predicted molar refractivity (Wildman–Crippen MR) is 120 cm³/mol. The van der Waals surface area contributed by atoms with Crippen LogP contribution in [0.2, 0.25) is 0 Å². The van der Waals surface area contributed by atoms with Crippen molar-refractivity contribution in [2.45, 2.75) is 18.9 Å². The van der Waals surface area contributed by atoms with Gasteiger partial charge in [0, 0.05) is 31.7 Å². The van der Waals surface area contributed by atoms with Crippen molar-refractivity contribution in [2.24, 2.45) is 12.8 Å². The maximum absolute atomic E-state index is 13.5. The normalized spacial score (nSPS) is 14.3. The molecule has 2 aromatic heterocycles. The van der Waals surface area contributed by atoms with Crippen LogP contribution in [-0.2, 0) is 7.05 Å². The number of piperidine rings is 1. The molecule has 31 heavy (non-hydrogen) atoms. The van der Waals surface area contributed by atoms with Gasteiger partial charge >= 0.3 is 0 Å².